The van der Waals surface area contributed by atoms with Crippen LogP contribution < -0.4 is 5.73 Å². The van der Waals surface area contributed by atoms with Crippen LogP contribution in [0.5, 0.6) is 0 Å². The Morgan fingerprint density at radius 2 is 2.47 bits per heavy atom. The normalized spacial score (nSPS) is 20.6. The Labute approximate surface area is 100 Å². The Bertz CT molecular complexity index is 416. The van der Waals surface area contributed by atoms with Crippen LogP contribution in [0.2, 0.25) is 0 Å². The molecule has 2 heterocycles. The SMILES string of the molecule is Cc1nn(C)cc1C(=O)N1CCOCC1CN. The lowest BCUT2D eigenvalue weighted by atomic mass is 10.1. The molecule has 2 rings (SSSR count). The molecule has 0 saturated carbocycles. The van der Waals surface area contributed by atoms with Crippen molar-refractivity contribution in [1.29, 1.82) is 0 Å². The summed E-state index contributed by atoms with van der Waals surface area (Å²) >= 11 is 0. The van der Waals surface area contributed by atoms with E-state index < -0.39 is 0 Å². The van der Waals surface area contributed by atoms with E-state index in [9.17, 15) is 4.79 Å². The molecule has 6 heteroatoms. The Balaban J connectivity index is 2.21. The summed E-state index contributed by atoms with van der Waals surface area (Å²) in [5, 5.41) is 4.18. The van der Waals surface area contributed by atoms with Crippen molar-refractivity contribution in [3.8, 4) is 0 Å². The second kappa shape index (κ2) is 4.85. The maximum absolute atomic E-state index is 12.4. The third-order valence-electron chi connectivity index (χ3n) is 3.00. The van der Waals surface area contributed by atoms with Gasteiger partial charge in [0.2, 0.25) is 0 Å². The number of aromatic nitrogens is 2. The van der Waals surface area contributed by atoms with Crippen molar-refractivity contribution in [2.24, 2.45) is 12.8 Å². The highest BCUT2D eigenvalue weighted by Crippen LogP contribution is 2.14. The van der Waals surface area contributed by atoms with Crippen LogP contribution in [0.25, 0.3) is 0 Å². The van der Waals surface area contributed by atoms with Crippen molar-refractivity contribution >= 4 is 5.91 Å². The fourth-order valence-corrected chi connectivity index (χ4v) is 2.08. The van der Waals surface area contributed by atoms with Gasteiger partial charge in [-0.3, -0.25) is 9.48 Å². The van der Waals surface area contributed by atoms with Gasteiger partial charge in [0, 0.05) is 26.3 Å². The number of carbonyl (C=O) groups excluding carboxylic acids is 1. The molecule has 1 atom stereocenters. The lowest BCUT2D eigenvalue weighted by molar-refractivity contribution is 0.000795. The number of hydrogen-bond donors (Lipinski definition) is 1. The van der Waals surface area contributed by atoms with E-state index in [0.717, 1.165) is 5.69 Å². The van der Waals surface area contributed by atoms with E-state index in [4.69, 9.17) is 10.5 Å². The summed E-state index contributed by atoms with van der Waals surface area (Å²) in [7, 11) is 1.81. The monoisotopic (exact) mass is 238 g/mol. The molecule has 6 nitrogen and oxygen atoms in total. The topological polar surface area (TPSA) is 73.4 Å². The Morgan fingerprint density at radius 3 is 3.06 bits per heavy atom. The van der Waals surface area contributed by atoms with Crippen LogP contribution in [0.3, 0.4) is 0 Å². The molecular weight excluding hydrogens is 220 g/mol. The number of amides is 1. The van der Waals surface area contributed by atoms with Crippen LogP contribution >= 0.6 is 0 Å². The molecule has 1 aliphatic rings. The highest BCUT2D eigenvalue weighted by molar-refractivity contribution is 5.95. The van der Waals surface area contributed by atoms with Crippen LogP contribution in [-0.4, -0.2) is 52.9 Å². The van der Waals surface area contributed by atoms with Gasteiger partial charge in [0.05, 0.1) is 30.5 Å². The Kier molecular flexibility index (Phi) is 3.44. The van der Waals surface area contributed by atoms with Crippen LogP contribution in [0.4, 0.5) is 0 Å². The second-order valence-corrected chi connectivity index (χ2v) is 4.26. The van der Waals surface area contributed by atoms with Gasteiger partial charge in [-0.25, -0.2) is 0 Å². The van der Waals surface area contributed by atoms with Crippen LogP contribution in [0.15, 0.2) is 6.20 Å². The van der Waals surface area contributed by atoms with E-state index in [0.29, 0.717) is 31.9 Å². The van der Waals surface area contributed by atoms with Gasteiger partial charge in [0.1, 0.15) is 0 Å². The molecule has 1 aromatic rings. The first-order chi connectivity index (χ1) is 8.13. The maximum atomic E-state index is 12.4. The highest BCUT2D eigenvalue weighted by atomic mass is 16.5. The minimum absolute atomic E-state index is 0.00523. The van der Waals surface area contributed by atoms with Gasteiger partial charge in [-0.15, -0.1) is 0 Å². The number of nitrogens with two attached hydrogens (primary N) is 1. The summed E-state index contributed by atoms with van der Waals surface area (Å²) in [5.41, 5.74) is 7.05. The van der Waals surface area contributed by atoms with Gasteiger partial charge in [-0.2, -0.15) is 5.10 Å². The number of aryl methyl sites for hydroxylation is 2. The molecule has 1 saturated heterocycles. The molecule has 0 aliphatic carbocycles. The number of rotatable bonds is 2. The third-order valence-corrected chi connectivity index (χ3v) is 3.00. The lowest BCUT2D eigenvalue weighted by Crippen LogP contribution is -2.52. The minimum Gasteiger partial charge on any atom is -0.377 e. The predicted molar refractivity (Wildman–Crippen MR) is 62.6 cm³/mol. The van der Waals surface area contributed by atoms with E-state index in [1.807, 2.05) is 14.0 Å². The summed E-state index contributed by atoms with van der Waals surface area (Å²) in [6, 6.07) is -0.0316. The van der Waals surface area contributed by atoms with Crippen LogP contribution in [-0.2, 0) is 11.8 Å². The minimum atomic E-state index is -0.0316. The quantitative estimate of drug-likeness (QED) is 0.756. The summed E-state index contributed by atoms with van der Waals surface area (Å²) in [5.74, 6) is -0.00523. The first-order valence-corrected chi connectivity index (χ1v) is 5.72. The number of morpholine rings is 1. The molecule has 0 radical (unpaired) electrons. The Hall–Kier alpha value is -1.40. The molecule has 1 amide bonds. The van der Waals surface area contributed by atoms with Gasteiger partial charge in [-0.05, 0) is 6.92 Å². The summed E-state index contributed by atoms with van der Waals surface area (Å²) in [4.78, 5) is 14.1. The zero-order chi connectivity index (χ0) is 12.4. The third kappa shape index (κ3) is 2.32. The lowest BCUT2D eigenvalue weighted by Gasteiger charge is -2.34. The van der Waals surface area contributed by atoms with E-state index in [-0.39, 0.29) is 11.9 Å². The average Bonchev–Trinajstić information content (AvgIpc) is 2.67. The van der Waals surface area contributed by atoms with Gasteiger partial charge in [-0.1, -0.05) is 0 Å². The molecule has 17 heavy (non-hydrogen) atoms. The van der Waals surface area contributed by atoms with Gasteiger partial charge in [0.15, 0.2) is 0 Å². The molecule has 1 fully saturated rings. The van der Waals surface area contributed by atoms with Crippen molar-refractivity contribution in [1.82, 2.24) is 14.7 Å². The van der Waals surface area contributed by atoms with Crippen molar-refractivity contribution in [2.45, 2.75) is 13.0 Å². The van der Waals surface area contributed by atoms with Crippen molar-refractivity contribution < 1.29 is 9.53 Å². The van der Waals surface area contributed by atoms with E-state index in [2.05, 4.69) is 5.10 Å². The van der Waals surface area contributed by atoms with Gasteiger partial charge >= 0.3 is 0 Å². The van der Waals surface area contributed by atoms with Gasteiger partial charge in [0.25, 0.3) is 5.91 Å². The Morgan fingerprint density at radius 1 is 1.71 bits per heavy atom. The molecule has 2 N–H and O–H groups in total. The summed E-state index contributed by atoms with van der Waals surface area (Å²) in [6.07, 6.45) is 1.75. The van der Waals surface area contributed by atoms with Crippen LogP contribution in [0.1, 0.15) is 16.1 Å². The number of carbonyl (C=O) groups is 1. The van der Waals surface area contributed by atoms with Crippen LogP contribution in [0, 0.1) is 6.92 Å². The molecule has 0 spiro atoms. The molecule has 0 aromatic carbocycles. The van der Waals surface area contributed by atoms with E-state index >= 15 is 0 Å². The fraction of sp³-hybridized carbons (Fsp3) is 0.636. The standard InChI is InChI=1S/C11H18N4O2/c1-8-10(6-14(2)13-8)11(16)15-3-4-17-7-9(15)5-12/h6,9H,3-5,7,12H2,1-2H3. The smallest absolute Gasteiger partial charge is 0.257 e. The largest absolute Gasteiger partial charge is 0.377 e. The number of nitrogens with zero attached hydrogens (tertiary/aromatic N) is 3. The van der Waals surface area contributed by atoms with Crippen molar-refractivity contribution in [3.63, 3.8) is 0 Å². The molecule has 94 valence electrons. The molecule has 0 bridgehead atoms. The van der Waals surface area contributed by atoms with Crippen molar-refractivity contribution in [3.05, 3.63) is 17.5 Å². The summed E-state index contributed by atoms with van der Waals surface area (Å²) < 4.78 is 6.98. The summed E-state index contributed by atoms with van der Waals surface area (Å²) in [6.45, 7) is 3.94. The molecular formula is C11H18N4O2. The number of ether oxygens (including phenoxy) is 1. The first-order valence-electron chi connectivity index (χ1n) is 5.72. The van der Waals surface area contributed by atoms with E-state index in [1.165, 1.54) is 0 Å². The average molecular weight is 238 g/mol. The highest BCUT2D eigenvalue weighted by Gasteiger charge is 2.28. The number of hydrogen-bond acceptors (Lipinski definition) is 4. The zero-order valence-corrected chi connectivity index (χ0v) is 10.2. The molecule has 1 aliphatic heterocycles. The second-order valence-electron chi connectivity index (χ2n) is 4.26. The fourth-order valence-electron chi connectivity index (χ4n) is 2.08. The molecule has 1 unspecified atom stereocenters. The van der Waals surface area contributed by atoms with Gasteiger partial charge < -0.3 is 15.4 Å². The predicted octanol–water partition coefficient (Wildman–Crippen LogP) is -0.472. The first kappa shape index (κ1) is 12.1. The maximum Gasteiger partial charge on any atom is 0.257 e. The zero-order valence-electron chi connectivity index (χ0n) is 10.2. The van der Waals surface area contributed by atoms with E-state index in [1.54, 1.807) is 15.8 Å². The molecule has 1 aromatic heterocycles. The van der Waals surface area contributed by atoms with Crippen molar-refractivity contribution in [2.75, 3.05) is 26.3 Å².